The molecule has 168 valence electrons. The Morgan fingerprint density at radius 3 is 2.52 bits per heavy atom. The van der Waals surface area contributed by atoms with Crippen molar-refractivity contribution in [1.29, 1.82) is 0 Å². The lowest BCUT2D eigenvalue weighted by atomic mass is 10.0. The molecule has 2 aromatic heterocycles. The fraction of sp³-hybridized carbons (Fsp3) is 0.591. The third-order valence-corrected chi connectivity index (χ3v) is 8.10. The average Bonchev–Trinajstić information content (AvgIpc) is 3.13. The van der Waals surface area contributed by atoms with E-state index < -0.39 is 10.0 Å². The zero-order valence-corrected chi connectivity index (χ0v) is 18.9. The number of carbonyl (C=O) groups is 1. The van der Waals surface area contributed by atoms with Gasteiger partial charge in [0, 0.05) is 31.5 Å². The topological polar surface area (TPSA) is 97.2 Å². The molecule has 3 heterocycles. The van der Waals surface area contributed by atoms with E-state index in [-0.39, 0.29) is 16.8 Å². The Hall–Kier alpha value is -2.26. The number of aromatic nitrogens is 3. The van der Waals surface area contributed by atoms with Gasteiger partial charge in [-0.25, -0.2) is 18.4 Å². The molecule has 8 nitrogen and oxygen atoms in total. The second-order valence-corrected chi connectivity index (χ2v) is 10.7. The minimum absolute atomic E-state index is 0.177. The molecule has 1 aliphatic carbocycles. The molecule has 9 heteroatoms. The van der Waals surface area contributed by atoms with Crippen molar-refractivity contribution in [2.75, 3.05) is 13.1 Å². The van der Waals surface area contributed by atoms with Crippen LogP contribution in [0.3, 0.4) is 0 Å². The predicted octanol–water partition coefficient (Wildman–Crippen LogP) is 3.14. The number of imidazole rings is 1. The number of nitrogens with one attached hydrogen (secondary N) is 1. The Morgan fingerprint density at radius 2 is 1.84 bits per heavy atom. The van der Waals surface area contributed by atoms with Gasteiger partial charge in [0.1, 0.15) is 22.7 Å². The van der Waals surface area contributed by atoms with E-state index in [4.69, 9.17) is 0 Å². The molecule has 1 amide bonds. The lowest BCUT2D eigenvalue weighted by Gasteiger charge is -2.29. The van der Waals surface area contributed by atoms with E-state index in [9.17, 15) is 13.2 Å². The molecule has 2 aromatic rings. The smallest absolute Gasteiger partial charge is 0.271 e. The van der Waals surface area contributed by atoms with Crippen LogP contribution in [0.15, 0.2) is 35.7 Å². The third kappa shape index (κ3) is 5.15. The highest BCUT2D eigenvalue weighted by molar-refractivity contribution is 7.89. The maximum absolute atomic E-state index is 12.9. The standard InChI is InChI=1S/C22H31N5O3S/c1-17-7-6-12-27(14-17)31(29,30)19-10-11-21(23-13-19)26-15-20(24-16-26)22(28)25-18-8-4-2-3-5-9-18/h10-11,13,15-18H,2-9,12,14H2,1H3,(H,25,28). The van der Waals surface area contributed by atoms with Crippen molar-refractivity contribution in [2.45, 2.75) is 69.2 Å². The molecule has 31 heavy (non-hydrogen) atoms. The van der Waals surface area contributed by atoms with Crippen LogP contribution in [0, 0.1) is 5.92 Å². The molecule has 0 radical (unpaired) electrons. The summed E-state index contributed by atoms with van der Waals surface area (Å²) >= 11 is 0. The van der Waals surface area contributed by atoms with E-state index in [0.29, 0.717) is 30.5 Å². The number of sulfonamides is 1. The second-order valence-electron chi connectivity index (χ2n) is 8.79. The number of pyridine rings is 1. The number of piperidine rings is 1. The van der Waals surface area contributed by atoms with E-state index in [1.54, 1.807) is 27.2 Å². The average molecular weight is 446 g/mol. The van der Waals surface area contributed by atoms with Gasteiger partial charge in [-0.2, -0.15) is 4.31 Å². The number of hydrogen-bond donors (Lipinski definition) is 1. The third-order valence-electron chi connectivity index (χ3n) is 6.25. The van der Waals surface area contributed by atoms with Crippen LogP contribution in [-0.4, -0.2) is 52.3 Å². The molecule has 0 bridgehead atoms. The van der Waals surface area contributed by atoms with E-state index in [1.165, 1.54) is 25.4 Å². The van der Waals surface area contributed by atoms with Crippen molar-refractivity contribution >= 4 is 15.9 Å². The molecule has 1 saturated carbocycles. The maximum atomic E-state index is 12.9. The molecule has 0 spiro atoms. The van der Waals surface area contributed by atoms with Crippen molar-refractivity contribution in [3.8, 4) is 5.82 Å². The minimum atomic E-state index is -3.54. The Morgan fingerprint density at radius 1 is 1.06 bits per heavy atom. The van der Waals surface area contributed by atoms with Crippen LogP contribution in [0.2, 0.25) is 0 Å². The summed E-state index contributed by atoms with van der Waals surface area (Å²) in [5, 5.41) is 3.09. The van der Waals surface area contributed by atoms with Crippen LogP contribution < -0.4 is 5.32 Å². The summed E-state index contributed by atoms with van der Waals surface area (Å²) in [7, 11) is -3.54. The van der Waals surface area contributed by atoms with Crippen LogP contribution >= 0.6 is 0 Å². The van der Waals surface area contributed by atoms with Gasteiger partial charge in [-0.3, -0.25) is 9.36 Å². The van der Waals surface area contributed by atoms with Crippen molar-refractivity contribution in [3.05, 3.63) is 36.5 Å². The van der Waals surface area contributed by atoms with Gasteiger partial charge in [-0.15, -0.1) is 0 Å². The largest absolute Gasteiger partial charge is 0.348 e. The first-order chi connectivity index (χ1) is 14.9. The van der Waals surface area contributed by atoms with E-state index >= 15 is 0 Å². The van der Waals surface area contributed by atoms with Gasteiger partial charge in [-0.1, -0.05) is 32.6 Å². The van der Waals surface area contributed by atoms with E-state index in [2.05, 4.69) is 22.2 Å². The summed E-state index contributed by atoms with van der Waals surface area (Å²) in [6.07, 6.45) is 13.3. The molecule has 1 atom stereocenters. The van der Waals surface area contributed by atoms with Gasteiger partial charge >= 0.3 is 0 Å². The number of amides is 1. The van der Waals surface area contributed by atoms with Crippen molar-refractivity contribution in [3.63, 3.8) is 0 Å². The number of carbonyl (C=O) groups excluding carboxylic acids is 1. The summed E-state index contributed by atoms with van der Waals surface area (Å²) in [4.78, 5) is 21.3. The Labute approximate surface area is 184 Å². The first-order valence-corrected chi connectivity index (χ1v) is 12.7. The number of rotatable bonds is 5. The Balaban J connectivity index is 1.43. The molecule has 1 aliphatic heterocycles. The monoisotopic (exact) mass is 445 g/mol. The number of nitrogens with zero attached hydrogens (tertiary/aromatic N) is 4. The second kappa shape index (κ2) is 9.48. The first-order valence-electron chi connectivity index (χ1n) is 11.2. The lowest BCUT2D eigenvalue weighted by molar-refractivity contribution is 0.0928. The molecule has 2 aliphatic rings. The molecule has 0 aromatic carbocycles. The lowest BCUT2D eigenvalue weighted by Crippen LogP contribution is -2.39. The first kappa shape index (κ1) is 22.0. The van der Waals surface area contributed by atoms with Crippen molar-refractivity contribution in [1.82, 2.24) is 24.2 Å². The summed E-state index contributed by atoms with van der Waals surface area (Å²) < 4.78 is 29.0. The van der Waals surface area contributed by atoms with Gasteiger partial charge in [0.05, 0.1) is 0 Å². The molecular weight excluding hydrogens is 414 g/mol. The maximum Gasteiger partial charge on any atom is 0.271 e. The molecule has 1 N–H and O–H groups in total. The van der Waals surface area contributed by atoms with E-state index in [1.807, 2.05) is 0 Å². The highest BCUT2D eigenvalue weighted by atomic mass is 32.2. The van der Waals surface area contributed by atoms with Gasteiger partial charge in [-0.05, 0) is 43.7 Å². The summed E-state index contributed by atoms with van der Waals surface area (Å²) in [5.41, 5.74) is 0.338. The van der Waals surface area contributed by atoms with Crippen molar-refractivity contribution in [2.24, 2.45) is 5.92 Å². The minimum Gasteiger partial charge on any atom is -0.348 e. The van der Waals surface area contributed by atoms with E-state index in [0.717, 1.165) is 38.5 Å². The zero-order chi connectivity index (χ0) is 21.8. The highest BCUT2D eigenvalue weighted by Crippen LogP contribution is 2.23. The number of hydrogen-bond acceptors (Lipinski definition) is 5. The molecule has 4 rings (SSSR count). The van der Waals surface area contributed by atoms with Crippen LogP contribution in [-0.2, 0) is 10.0 Å². The normalized spacial score (nSPS) is 21.5. The summed E-state index contributed by atoms with van der Waals surface area (Å²) in [5.74, 6) is 0.709. The fourth-order valence-corrected chi connectivity index (χ4v) is 5.98. The summed E-state index contributed by atoms with van der Waals surface area (Å²) in [6.45, 7) is 3.17. The van der Waals surface area contributed by atoms with Gasteiger partial charge < -0.3 is 5.32 Å². The van der Waals surface area contributed by atoms with Gasteiger partial charge in [0.2, 0.25) is 10.0 Å². The van der Waals surface area contributed by atoms with Crippen LogP contribution in [0.25, 0.3) is 5.82 Å². The van der Waals surface area contributed by atoms with Crippen LogP contribution in [0.1, 0.15) is 68.8 Å². The summed E-state index contributed by atoms with van der Waals surface area (Å²) in [6, 6.07) is 3.43. The SMILES string of the molecule is CC1CCCN(S(=O)(=O)c2ccc(-n3cnc(C(=O)NC4CCCCCC4)c3)nc2)C1. The van der Waals surface area contributed by atoms with Crippen molar-refractivity contribution < 1.29 is 13.2 Å². The Bertz CT molecular complexity index is 994. The van der Waals surface area contributed by atoms with Gasteiger partial charge in [0.15, 0.2) is 0 Å². The Kier molecular flexibility index (Phi) is 6.71. The quantitative estimate of drug-likeness (QED) is 0.713. The van der Waals surface area contributed by atoms with Crippen LogP contribution in [0.5, 0.6) is 0 Å². The highest BCUT2D eigenvalue weighted by Gasteiger charge is 2.29. The molecule has 2 fully saturated rings. The molecular formula is C22H31N5O3S. The van der Waals surface area contributed by atoms with Crippen LogP contribution in [0.4, 0.5) is 0 Å². The van der Waals surface area contributed by atoms with Gasteiger partial charge in [0.25, 0.3) is 5.91 Å². The fourth-order valence-electron chi connectivity index (χ4n) is 4.44. The zero-order valence-electron chi connectivity index (χ0n) is 18.0. The predicted molar refractivity (Wildman–Crippen MR) is 117 cm³/mol. The molecule has 1 unspecified atom stereocenters. The molecule has 1 saturated heterocycles.